The standard InChI is InChI=1S/C23H22Cl2N4O2S/c1-13(27-12-17(32)9-14-4-3-5-15(8-14)10-20(26)30)21-23(31)22(29(2)28-21)16-6-7-18(24)19(25)11-16/h3-8,11,31H,9-10,12H2,1-2H3,(H2,26,30). The zero-order chi connectivity index (χ0) is 23.4. The Morgan fingerprint density at radius 3 is 2.50 bits per heavy atom. The summed E-state index contributed by atoms with van der Waals surface area (Å²) in [6, 6.07) is 12.7. The molecule has 0 aliphatic heterocycles. The molecule has 0 saturated heterocycles. The highest BCUT2D eigenvalue weighted by Gasteiger charge is 2.19. The Morgan fingerprint density at radius 2 is 1.84 bits per heavy atom. The van der Waals surface area contributed by atoms with Crippen LogP contribution >= 0.6 is 35.4 Å². The fourth-order valence-electron chi connectivity index (χ4n) is 3.34. The number of aryl methyl sites for hydroxylation is 1. The average Bonchev–Trinajstić information content (AvgIpc) is 3.02. The van der Waals surface area contributed by atoms with Gasteiger partial charge in [-0.25, -0.2) is 0 Å². The third kappa shape index (κ3) is 5.73. The first kappa shape index (κ1) is 23.9. The van der Waals surface area contributed by atoms with Crippen LogP contribution in [0.15, 0.2) is 47.5 Å². The number of carbonyl (C=O) groups excluding carboxylic acids is 1. The Morgan fingerprint density at radius 1 is 1.16 bits per heavy atom. The van der Waals surface area contributed by atoms with E-state index >= 15 is 0 Å². The number of thiocarbonyl (C=S) groups is 1. The molecule has 166 valence electrons. The number of hydrogen-bond acceptors (Lipinski definition) is 5. The third-order valence-electron chi connectivity index (χ3n) is 4.82. The van der Waals surface area contributed by atoms with Gasteiger partial charge in [0.15, 0.2) is 5.75 Å². The first-order chi connectivity index (χ1) is 15.2. The van der Waals surface area contributed by atoms with Gasteiger partial charge in [-0.2, -0.15) is 5.10 Å². The van der Waals surface area contributed by atoms with Gasteiger partial charge in [0.05, 0.1) is 28.7 Å². The van der Waals surface area contributed by atoms with Gasteiger partial charge in [-0.3, -0.25) is 14.5 Å². The minimum atomic E-state index is -0.375. The average molecular weight is 489 g/mol. The van der Waals surface area contributed by atoms with E-state index in [1.807, 2.05) is 24.3 Å². The van der Waals surface area contributed by atoms with Gasteiger partial charge < -0.3 is 10.8 Å². The van der Waals surface area contributed by atoms with Crippen LogP contribution in [-0.2, 0) is 24.7 Å². The summed E-state index contributed by atoms with van der Waals surface area (Å²) >= 11 is 17.6. The Kier molecular flexibility index (Phi) is 7.66. The van der Waals surface area contributed by atoms with E-state index < -0.39 is 0 Å². The van der Waals surface area contributed by atoms with Gasteiger partial charge in [-0.15, -0.1) is 0 Å². The minimum absolute atomic E-state index is 0.0113. The smallest absolute Gasteiger partial charge is 0.221 e. The summed E-state index contributed by atoms with van der Waals surface area (Å²) in [5.41, 5.74) is 9.25. The predicted octanol–water partition coefficient (Wildman–Crippen LogP) is 4.55. The van der Waals surface area contributed by atoms with Crippen molar-refractivity contribution in [2.45, 2.75) is 19.8 Å². The van der Waals surface area contributed by atoms with E-state index in [0.717, 1.165) is 16.0 Å². The van der Waals surface area contributed by atoms with Gasteiger partial charge in [0.1, 0.15) is 11.4 Å². The van der Waals surface area contributed by atoms with Gasteiger partial charge in [-0.1, -0.05) is 65.8 Å². The number of nitrogens with two attached hydrogens (primary N) is 1. The van der Waals surface area contributed by atoms with Crippen LogP contribution in [-0.4, -0.2) is 37.9 Å². The molecule has 3 aromatic rings. The largest absolute Gasteiger partial charge is 0.504 e. The van der Waals surface area contributed by atoms with Crippen molar-refractivity contribution in [1.82, 2.24) is 9.78 Å². The zero-order valence-corrected chi connectivity index (χ0v) is 19.9. The van der Waals surface area contributed by atoms with Crippen LogP contribution in [0.1, 0.15) is 23.7 Å². The summed E-state index contributed by atoms with van der Waals surface area (Å²) in [5, 5.41) is 16.0. The van der Waals surface area contributed by atoms with Crippen molar-refractivity contribution in [1.29, 1.82) is 0 Å². The molecule has 0 radical (unpaired) electrons. The Balaban J connectivity index is 1.74. The fraction of sp³-hybridized carbons (Fsp3) is 0.217. The first-order valence-electron chi connectivity index (χ1n) is 9.76. The molecule has 32 heavy (non-hydrogen) atoms. The Hall–Kier alpha value is -2.74. The van der Waals surface area contributed by atoms with E-state index in [-0.39, 0.29) is 18.1 Å². The van der Waals surface area contributed by atoms with E-state index in [0.29, 0.717) is 45.7 Å². The summed E-state index contributed by atoms with van der Waals surface area (Å²) in [6.45, 7) is 2.08. The number of amides is 1. The number of nitrogens with zero attached hydrogens (tertiary/aromatic N) is 3. The highest BCUT2D eigenvalue weighted by Crippen LogP contribution is 2.35. The number of aromatic nitrogens is 2. The number of aromatic hydroxyl groups is 1. The van der Waals surface area contributed by atoms with Crippen LogP contribution in [0.5, 0.6) is 5.75 Å². The van der Waals surface area contributed by atoms with E-state index in [2.05, 4.69) is 10.1 Å². The van der Waals surface area contributed by atoms with Crippen molar-refractivity contribution in [3.05, 3.63) is 69.3 Å². The molecule has 0 unspecified atom stereocenters. The maximum atomic E-state index is 11.1. The number of rotatable bonds is 8. The maximum Gasteiger partial charge on any atom is 0.221 e. The molecule has 1 aromatic heterocycles. The summed E-state index contributed by atoms with van der Waals surface area (Å²) in [4.78, 5) is 16.4. The van der Waals surface area contributed by atoms with Crippen molar-refractivity contribution in [2.24, 2.45) is 17.8 Å². The lowest BCUT2D eigenvalue weighted by atomic mass is 10.0. The van der Waals surface area contributed by atoms with E-state index in [1.54, 1.807) is 36.9 Å². The number of halogens is 2. The van der Waals surface area contributed by atoms with E-state index in [1.165, 1.54) is 0 Å². The second-order valence-corrected chi connectivity index (χ2v) is 8.77. The van der Waals surface area contributed by atoms with Gasteiger partial charge in [0.2, 0.25) is 5.91 Å². The summed E-state index contributed by atoms with van der Waals surface area (Å²) in [6.07, 6.45) is 0.736. The molecule has 0 atom stereocenters. The van der Waals surface area contributed by atoms with Gasteiger partial charge in [0.25, 0.3) is 0 Å². The van der Waals surface area contributed by atoms with Crippen LogP contribution in [0, 0.1) is 0 Å². The molecule has 0 bridgehead atoms. The monoisotopic (exact) mass is 488 g/mol. The van der Waals surface area contributed by atoms with Crippen molar-refractivity contribution >= 4 is 51.9 Å². The van der Waals surface area contributed by atoms with Crippen LogP contribution in [0.2, 0.25) is 10.0 Å². The lowest BCUT2D eigenvalue weighted by Crippen LogP contribution is -2.14. The fourth-order valence-corrected chi connectivity index (χ4v) is 3.87. The molecular formula is C23H22Cl2N4O2S. The number of aliphatic imine (C=N–C) groups is 1. The predicted molar refractivity (Wildman–Crippen MR) is 133 cm³/mol. The van der Waals surface area contributed by atoms with E-state index in [4.69, 9.17) is 41.2 Å². The zero-order valence-electron chi connectivity index (χ0n) is 17.6. The summed E-state index contributed by atoms with van der Waals surface area (Å²) in [7, 11) is 1.73. The lowest BCUT2D eigenvalue weighted by Gasteiger charge is -2.05. The highest BCUT2D eigenvalue weighted by molar-refractivity contribution is 7.80. The summed E-state index contributed by atoms with van der Waals surface area (Å²) < 4.78 is 1.58. The maximum absolute atomic E-state index is 11.1. The quantitative estimate of drug-likeness (QED) is 0.359. The molecule has 0 fully saturated rings. The summed E-state index contributed by atoms with van der Waals surface area (Å²) in [5.74, 6) is -0.363. The molecule has 0 aliphatic rings. The Bertz CT molecular complexity index is 1220. The van der Waals surface area contributed by atoms with Crippen molar-refractivity contribution in [3.63, 3.8) is 0 Å². The lowest BCUT2D eigenvalue weighted by molar-refractivity contribution is -0.117. The molecule has 9 heteroatoms. The van der Waals surface area contributed by atoms with E-state index in [9.17, 15) is 9.90 Å². The van der Waals surface area contributed by atoms with Gasteiger partial charge in [0, 0.05) is 23.9 Å². The second kappa shape index (κ2) is 10.3. The van der Waals surface area contributed by atoms with Crippen LogP contribution in [0.4, 0.5) is 0 Å². The van der Waals surface area contributed by atoms with Crippen molar-refractivity contribution in [3.8, 4) is 17.0 Å². The van der Waals surface area contributed by atoms with Crippen LogP contribution in [0.25, 0.3) is 11.3 Å². The molecule has 3 N–H and O–H groups in total. The molecule has 0 saturated carbocycles. The molecule has 2 aromatic carbocycles. The third-order valence-corrected chi connectivity index (χ3v) is 5.83. The van der Waals surface area contributed by atoms with Gasteiger partial charge >= 0.3 is 0 Å². The number of benzene rings is 2. The Labute approximate surface area is 201 Å². The highest BCUT2D eigenvalue weighted by atomic mass is 35.5. The topological polar surface area (TPSA) is 93.5 Å². The van der Waals surface area contributed by atoms with Crippen LogP contribution < -0.4 is 5.73 Å². The first-order valence-corrected chi connectivity index (χ1v) is 10.9. The van der Waals surface area contributed by atoms with Crippen molar-refractivity contribution in [2.75, 3.05) is 6.54 Å². The minimum Gasteiger partial charge on any atom is -0.504 e. The SMILES string of the molecule is CC(=NCC(=S)Cc1cccc(CC(N)=O)c1)c1nn(C)c(-c2ccc(Cl)c(Cl)c2)c1O. The number of primary amides is 1. The molecule has 6 nitrogen and oxygen atoms in total. The molecule has 0 spiro atoms. The molecule has 1 heterocycles. The van der Waals surface area contributed by atoms with Crippen molar-refractivity contribution < 1.29 is 9.90 Å². The second-order valence-electron chi connectivity index (χ2n) is 7.38. The molecule has 0 aliphatic carbocycles. The normalized spacial score (nSPS) is 11.6. The number of carbonyl (C=O) groups is 1. The molecule has 1 amide bonds. The number of hydrogen-bond donors (Lipinski definition) is 2. The van der Waals surface area contributed by atoms with Crippen LogP contribution in [0.3, 0.4) is 0 Å². The molecule has 3 rings (SSSR count). The van der Waals surface area contributed by atoms with Gasteiger partial charge in [-0.05, 0) is 30.2 Å². The molecular weight excluding hydrogens is 467 g/mol.